The molecular weight excluding hydrogens is 326 g/mol. The summed E-state index contributed by atoms with van der Waals surface area (Å²) in [5.74, 6) is 0.280. The fourth-order valence-electron chi connectivity index (χ4n) is 2.89. The number of carbonyl (C=O) groups excluding carboxylic acids is 1. The predicted octanol–water partition coefficient (Wildman–Crippen LogP) is 1.40. The van der Waals surface area contributed by atoms with Gasteiger partial charge in [-0.05, 0) is 25.5 Å². The minimum absolute atomic E-state index is 0.131. The van der Waals surface area contributed by atoms with Gasteiger partial charge in [-0.25, -0.2) is 4.98 Å². The molecule has 0 bridgehead atoms. The van der Waals surface area contributed by atoms with Gasteiger partial charge >= 0.3 is 0 Å². The summed E-state index contributed by atoms with van der Waals surface area (Å²) in [6, 6.07) is 5.57. The third-order valence-corrected chi connectivity index (χ3v) is 5.05. The van der Waals surface area contributed by atoms with Crippen molar-refractivity contribution in [3.63, 3.8) is 0 Å². The van der Waals surface area contributed by atoms with E-state index in [0.29, 0.717) is 39.1 Å². The molecule has 128 valence electrons. The summed E-state index contributed by atoms with van der Waals surface area (Å²) in [5.41, 5.74) is 0.575. The number of thiophene rings is 1. The summed E-state index contributed by atoms with van der Waals surface area (Å²) < 4.78 is 5.64. The average molecular weight is 347 g/mol. The lowest BCUT2D eigenvalue weighted by atomic mass is 10.0. The van der Waals surface area contributed by atoms with Gasteiger partial charge in [-0.3, -0.25) is 9.59 Å². The van der Waals surface area contributed by atoms with Crippen LogP contribution in [0, 0.1) is 12.8 Å². The van der Waals surface area contributed by atoms with Crippen molar-refractivity contribution >= 4 is 17.2 Å². The number of H-pyrrole nitrogens is 1. The van der Waals surface area contributed by atoms with Gasteiger partial charge in [-0.15, -0.1) is 11.3 Å². The maximum absolute atomic E-state index is 12.6. The molecule has 7 heteroatoms. The summed E-state index contributed by atoms with van der Waals surface area (Å²) in [4.78, 5) is 34.9. The number of ether oxygens (including phenoxy) is 1. The number of hydrogen-bond acceptors (Lipinski definition) is 5. The molecule has 1 N–H and O–H groups in total. The first-order valence-corrected chi connectivity index (χ1v) is 8.86. The zero-order valence-corrected chi connectivity index (χ0v) is 14.5. The van der Waals surface area contributed by atoms with Gasteiger partial charge < -0.3 is 14.6 Å². The molecule has 3 rings (SSSR count). The second kappa shape index (κ2) is 7.72. The van der Waals surface area contributed by atoms with Crippen molar-refractivity contribution < 1.29 is 9.53 Å². The van der Waals surface area contributed by atoms with Crippen LogP contribution in [0.4, 0.5) is 0 Å². The first-order valence-electron chi connectivity index (χ1n) is 8.04. The zero-order valence-electron chi connectivity index (χ0n) is 13.7. The van der Waals surface area contributed by atoms with E-state index in [2.05, 4.69) is 9.97 Å². The molecule has 1 amide bonds. The van der Waals surface area contributed by atoms with Crippen LogP contribution in [-0.2, 0) is 22.4 Å². The van der Waals surface area contributed by atoms with Crippen LogP contribution in [-0.4, -0.2) is 47.1 Å². The van der Waals surface area contributed by atoms with Crippen molar-refractivity contribution in [2.45, 2.75) is 19.8 Å². The lowest BCUT2D eigenvalue weighted by molar-refractivity contribution is -0.130. The van der Waals surface area contributed by atoms with Gasteiger partial charge in [0, 0.05) is 40.5 Å². The van der Waals surface area contributed by atoms with Crippen LogP contribution < -0.4 is 5.56 Å². The molecule has 6 nitrogen and oxygen atoms in total. The molecule has 3 heterocycles. The van der Waals surface area contributed by atoms with Gasteiger partial charge in [0.2, 0.25) is 5.91 Å². The highest BCUT2D eigenvalue weighted by Crippen LogP contribution is 2.18. The van der Waals surface area contributed by atoms with Crippen molar-refractivity contribution in [2.24, 2.45) is 5.92 Å². The van der Waals surface area contributed by atoms with E-state index in [1.807, 2.05) is 24.0 Å². The Morgan fingerprint density at radius 3 is 3.12 bits per heavy atom. The second-order valence-electron chi connectivity index (χ2n) is 6.08. The number of aromatic amines is 1. The Morgan fingerprint density at radius 1 is 1.50 bits per heavy atom. The predicted molar refractivity (Wildman–Crippen MR) is 92.2 cm³/mol. The first kappa shape index (κ1) is 16.9. The third kappa shape index (κ3) is 4.52. The molecule has 0 radical (unpaired) electrons. The van der Waals surface area contributed by atoms with Crippen LogP contribution in [0.25, 0.3) is 0 Å². The van der Waals surface area contributed by atoms with Crippen molar-refractivity contribution in [3.05, 3.63) is 50.3 Å². The first-order chi connectivity index (χ1) is 11.6. The third-order valence-electron chi connectivity index (χ3n) is 4.04. The number of aromatic nitrogens is 2. The number of carbonyl (C=O) groups is 1. The standard InChI is InChI=1S/C17H21N3O3S/c1-12-2-3-15(24-12)8-17(22)20-4-5-23-10-13(9-20)6-14-7-16(21)19-11-18-14/h2-3,7,11,13H,4-6,8-10H2,1H3,(H,18,19,21)/t13-/m1/s1. The van der Waals surface area contributed by atoms with Gasteiger partial charge in [-0.1, -0.05) is 0 Å². The Labute approximate surface area is 144 Å². The Balaban J connectivity index is 1.63. The van der Waals surface area contributed by atoms with E-state index in [1.54, 1.807) is 11.3 Å². The maximum atomic E-state index is 12.6. The number of amides is 1. The molecule has 1 fully saturated rings. The van der Waals surface area contributed by atoms with Gasteiger partial charge in [0.05, 0.1) is 26.0 Å². The van der Waals surface area contributed by atoms with E-state index in [0.717, 1.165) is 10.6 Å². The summed E-state index contributed by atoms with van der Waals surface area (Å²) in [6.07, 6.45) is 2.48. The largest absolute Gasteiger partial charge is 0.379 e. The number of nitrogens with one attached hydrogen (secondary N) is 1. The Morgan fingerprint density at radius 2 is 2.38 bits per heavy atom. The molecular formula is C17H21N3O3S. The van der Waals surface area contributed by atoms with E-state index in [1.165, 1.54) is 17.3 Å². The van der Waals surface area contributed by atoms with Crippen LogP contribution in [0.2, 0.25) is 0 Å². The number of nitrogens with zero attached hydrogens (tertiary/aromatic N) is 2. The Kier molecular flexibility index (Phi) is 5.42. The van der Waals surface area contributed by atoms with Crippen molar-refractivity contribution in [1.29, 1.82) is 0 Å². The number of hydrogen-bond donors (Lipinski definition) is 1. The molecule has 24 heavy (non-hydrogen) atoms. The molecule has 0 aromatic carbocycles. The van der Waals surface area contributed by atoms with Crippen molar-refractivity contribution in [1.82, 2.24) is 14.9 Å². The molecule has 1 saturated heterocycles. The maximum Gasteiger partial charge on any atom is 0.250 e. The zero-order chi connectivity index (χ0) is 16.9. The van der Waals surface area contributed by atoms with Gasteiger partial charge in [0.1, 0.15) is 0 Å². The summed E-state index contributed by atoms with van der Waals surface area (Å²) in [7, 11) is 0. The van der Waals surface area contributed by atoms with Gasteiger partial charge in [0.25, 0.3) is 5.56 Å². The molecule has 0 spiro atoms. The van der Waals surface area contributed by atoms with E-state index >= 15 is 0 Å². The lowest BCUT2D eigenvalue weighted by Crippen LogP contribution is -2.37. The summed E-state index contributed by atoms with van der Waals surface area (Å²) >= 11 is 1.66. The number of rotatable bonds is 4. The monoisotopic (exact) mass is 347 g/mol. The highest BCUT2D eigenvalue weighted by atomic mass is 32.1. The van der Waals surface area contributed by atoms with Crippen LogP contribution in [0.15, 0.2) is 29.3 Å². The normalized spacial score (nSPS) is 18.4. The summed E-state index contributed by atoms with van der Waals surface area (Å²) in [5, 5.41) is 0. The topological polar surface area (TPSA) is 75.3 Å². The molecule has 2 aromatic heterocycles. The molecule has 0 unspecified atom stereocenters. The Hall–Kier alpha value is -1.99. The molecule has 0 aliphatic carbocycles. The van der Waals surface area contributed by atoms with Crippen LogP contribution in [0.5, 0.6) is 0 Å². The van der Waals surface area contributed by atoms with E-state index in [4.69, 9.17) is 4.74 Å². The van der Waals surface area contributed by atoms with Crippen LogP contribution >= 0.6 is 11.3 Å². The average Bonchev–Trinajstić information content (AvgIpc) is 2.81. The summed E-state index contributed by atoms with van der Waals surface area (Å²) in [6.45, 7) is 4.42. The highest BCUT2D eigenvalue weighted by Gasteiger charge is 2.23. The smallest absolute Gasteiger partial charge is 0.250 e. The molecule has 1 aliphatic heterocycles. The fraction of sp³-hybridized carbons (Fsp3) is 0.471. The molecule has 1 atom stereocenters. The SMILES string of the molecule is Cc1ccc(CC(=O)N2CCOC[C@H](Cc3cc(=O)[nH]cn3)C2)s1. The minimum Gasteiger partial charge on any atom is -0.379 e. The quantitative estimate of drug-likeness (QED) is 0.907. The van der Waals surface area contributed by atoms with Crippen molar-refractivity contribution in [3.8, 4) is 0 Å². The Bertz CT molecular complexity index is 755. The second-order valence-corrected chi connectivity index (χ2v) is 7.45. The van der Waals surface area contributed by atoms with Crippen LogP contribution in [0.1, 0.15) is 15.4 Å². The van der Waals surface area contributed by atoms with Gasteiger partial charge in [0.15, 0.2) is 0 Å². The minimum atomic E-state index is -0.157. The molecule has 1 aliphatic rings. The highest BCUT2D eigenvalue weighted by molar-refractivity contribution is 7.12. The van der Waals surface area contributed by atoms with E-state index < -0.39 is 0 Å². The number of aryl methyl sites for hydroxylation is 1. The van der Waals surface area contributed by atoms with E-state index in [-0.39, 0.29) is 17.4 Å². The van der Waals surface area contributed by atoms with Crippen LogP contribution in [0.3, 0.4) is 0 Å². The lowest BCUT2D eigenvalue weighted by Gasteiger charge is -2.23. The fourth-order valence-corrected chi connectivity index (χ4v) is 3.77. The van der Waals surface area contributed by atoms with E-state index in [9.17, 15) is 9.59 Å². The van der Waals surface area contributed by atoms with Crippen molar-refractivity contribution in [2.75, 3.05) is 26.3 Å². The molecule has 2 aromatic rings. The van der Waals surface area contributed by atoms with Gasteiger partial charge in [-0.2, -0.15) is 0 Å². The molecule has 0 saturated carbocycles.